The molecular weight excluding hydrogens is 459 g/mol. The van der Waals surface area contributed by atoms with E-state index < -0.39 is 29.9 Å². The minimum Gasteiger partial charge on any atom is -0.451 e. The predicted octanol–water partition coefficient (Wildman–Crippen LogP) is 4.09. The van der Waals surface area contributed by atoms with Crippen LogP contribution >= 0.6 is 35.0 Å². The lowest BCUT2D eigenvalue weighted by Gasteiger charge is -2.20. The molecule has 0 radical (unpaired) electrons. The molecule has 2 aromatic carbocycles. The summed E-state index contributed by atoms with van der Waals surface area (Å²) in [5.74, 6) is -1.01. The van der Waals surface area contributed by atoms with Crippen LogP contribution in [0.25, 0.3) is 0 Å². The Kier molecular flexibility index (Phi) is 10.2. The third-order valence-corrected chi connectivity index (χ3v) is 5.73. The van der Waals surface area contributed by atoms with Gasteiger partial charge in [-0.2, -0.15) is 11.8 Å². The highest BCUT2D eigenvalue weighted by Gasteiger charge is 2.27. The lowest BCUT2D eigenvalue weighted by Crippen LogP contribution is -2.45. The Morgan fingerprint density at radius 2 is 1.68 bits per heavy atom. The molecule has 0 saturated heterocycles. The van der Waals surface area contributed by atoms with E-state index in [2.05, 4.69) is 10.6 Å². The molecule has 0 fully saturated rings. The number of hydrogen-bond acceptors (Lipinski definition) is 5. The van der Waals surface area contributed by atoms with Gasteiger partial charge in [0.2, 0.25) is 0 Å². The van der Waals surface area contributed by atoms with Crippen LogP contribution in [0.2, 0.25) is 10.0 Å². The van der Waals surface area contributed by atoms with Gasteiger partial charge in [-0.05, 0) is 49.1 Å². The maximum Gasteiger partial charge on any atom is 0.329 e. The molecular formula is C22H24Cl2N2O4S. The Hall–Kier alpha value is -2.22. The molecule has 0 aromatic heterocycles. The first-order chi connectivity index (χ1) is 14.8. The monoisotopic (exact) mass is 482 g/mol. The zero-order valence-electron chi connectivity index (χ0n) is 17.2. The number of carbonyl (C=O) groups is 3. The first-order valence-electron chi connectivity index (χ1n) is 9.59. The quantitative estimate of drug-likeness (QED) is 0.498. The molecule has 0 heterocycles. The van der Waals surface area contributed by atoms with Gasteiger partial charge in [0.05, 0.1) is 10.6 Å². The van der Waals surface area contributed by atoms with Crippen molar-refractivity contribution < 1.29 is 19.1 Å². The third kappa shape index (κ3) is 7.76. The number of halogens is 2. The van der Waals surface area contributed by atoms with Gasteiger partial charge in [-0.15, -0.1) is 0 Å². The number of amides is 2. The van der Waals surface area contributed by atoms with E-state index in [-0.39, 0.29) is 17.1 Å². The topological polar surface area (TPSA) is 84.5 Å². The van der Waals surface area contributed by atoms with Crippen molar-refractivity contribution in [3.63, 3.8) is 0 Å². The first-order valence-corrected chi connectivity index (χ1v) is 11.7. The van der Waals surface area contributed by atoms with Crippen molar-refractivity contribution in [1.29, 1.82) is 0 Å². The molecule has 0 bridgehead atoms. The number of ether oxygens (including phenoxy) is 1. The van der Waals surface area contributed by atoms with E-state index in [1.54, 1.807) is 42.5 Å². The number of nitrogens with one attached hydrogen (secondary N) is 2. The smallest absolute Gasteiger partial charge is 0.329 e. The highest BCUT2D eigenvalue weighted by molar-refractivity contribution is 7.98. The van der Waals surface area contributed by atoms with Gasteiger partial charge in [0.15, 0.2) is 6.10 Å². The number of esters is 1. The van der Waals surface area contributed by atoms with Crippen molar-refractivity contribution in [2.45, 2.75) is 32.0 Å². The average Bonchev–Trinajstić information content (AvgIpc) is 2.75. The third-order valence-electron chi connectivity index (χ3n) is 4.39. The number of hydrogen-bond donors (Lipinski definition) is 2. The van der Waals surface area contributed by atoms with Crippen molar-refractivity contribution in [2.24, 2.45) is 0 Å². The zero-order valence-corrected chi connectivity index (χ0v) is 19.5. The normalized spacial score (nSPS) is 12.5. The van der Waals surface area contributed by atoms with Crippen LogP contribution in [-0.4, -0.2) is 41.9 Å². The standard InChI is InChI=1S/C22H24Cl2N2O4S/c1-14(20(27)25-13-15-7-3-5-9-17(15)23)30-22(29)19(11-12-31-2)26-21(28)16-8-4-6-10-18(16)24/h3-10,14,19H,11-13H2,1-2H3,(H,25,27)(H,26,28). The lowest BCUT2D eigenvalue weighted by atomic mass is 10.1. The van der Waals surface area contributed by atoms with Gasteiger partial charge in [-0.25, -0.2) is 4.79 Å². The highest BCUT2D eigenvalue weighted by atomic mass is 35.5. The Morgan fingerprint density at radius 3 is 2.32 bits per heavy atom. The van der Waals surface area contributed by atoms with E-state index in [1.807, 2.05) is 12.3 Å². The number of thioether (sulfide) groups is 1. The summed E-state index contributed by atoms with van der Waals surface area (Å²) in [5.41, 5.74) is 1.01. The Labute approximate surface area is 196 Å². The lowest BCUT2D eigenvalue weighted by molar-refractivity contribution is -0.156. The number of benzene rings is 2. The van der Waals surface area contributed by atoms with Crippen molar-refractivity contribution in [3.8, 4) is 0 Å². The molecule has 31 heavy (non-hydrogen) atoms. The highest BCUT2D eigenvalue weighted by Crippen LogP contribution is 2.16. The van der Waals surface area contributed by atoms with Crippen molar-refractivity contribution >= 4 is 52.7 Å². The molecule has 166 valence electrons. The van der Waals surface area contributed by atoms with Gasteiger partial charge in [-0.1, -0.05) is 53.5 Å². The maximum atomic E-state index is 12.7. The van der Waals surface area contributed by atoms with Gasteiger partial charge < -0.3 is 15.4 Å². The van der Waals surface area contributed by atoms with E-state index in [9.17, 15) is 14.4 Å². The van der Waals surface area contributed by atoms with Crippen molar-refractivity contribution in [3.05, 3.63) is 69.7 Å². The summed E-state index contributed by atoms with van der Waals surface area (Å²) in [6, 6.07) is 12.8. The van der Waals surface area contributed by atoms with E-state index in [0.29, 0.717) is 17.2 Å². The van der Waals surface area contributed by atoms with Gasteiger partial charge >= 0.3 is 5.97 Å². The number of carbonyl (C=O) groups excluding carboxylic acids is 3. The Balaban J connectivity index is 1.97. The Morgan fingerprint density at radius 1 is 1.03 bits per heavy atom. The van der Waals surface area contributed by atoms with Gasteiger partial charge in [-0.3, -0.25) is 9.59 Å². The Bertz CT molecular complexity index is 926. The second kappa shape index (κ2) is 12.6. The van der Waals surface area contributed by atoms with Crippen LogP contribution in [-0.2, 0) is 20.9 Å². The van der Waals surface area contributed by atoms with E-state index in [4.69, 9.17) is 27.9 Å². The molecule has 0 spiro atoms. The summed E-state index contributed by atoms with van der Waals surface area (Å²) in [6.07, 6.45) is 1.21. The van der Waals surface area contributed by atoms with Crippen LogP contribution in [0.5, 0.6) is 0 Å². The fourth-order valence-corrected chi connectivity index (χ4v) is 3.54. The molecule has 2 amide bonds. The molecule has 2 unspecified atom stereocenters. The largest absolute Gasteiger partial charge is 0.451 e. The average molecular weight is 483 g/mol. The minimum atomic E-state index is -1.04. The van der Waals surface area contributed by atoms with Gasteiger partial charge in [0.1, 0.15) is 6.04 Å². The summed E-state index contributed by atoms with van der Waals surface area (Å²) in [6.45, 7) is 1.68. The van der Waals surface area contributed by atoms with E-state index >= 15 is 0 Å². The van der Waals surface area contributed by atoms with E-state index in [1.165, 1.54) is 18.7 Å². The zero-order chi connectivity index (χ0) is 22.8. The SMILES string of the molecule is CSCCC(NC(=O)c1ccccc1Cl)C(=O)OC(C)C(=O)NCc1ccccc1Cl. The molecule has 0 aliphatic carbocycles. The molecule has 2 aromatic rings. The first kappa shape index (κ1) is 25.0. The summed E-state index contributed by atoms with van der Waals surface area (Å²) in [4.78, 5) is 37.6. The molecule has 6 nitrogen and oxygen atoms in total. The summed E-state index contributed by atoms with van der Waals surface area (Å²) in [7, 11) is 0. The fraction of sp³-hybridized carbons (Fsp3) is 0.318. The second-order valence-corrected chi connectivity index (χ2v) is 8.48. The van der Waals surface area contributed by atoms with Crippen LogP contribution in [0.1, 0.15) is 29.3 Å². The van der Waals surface area contributed by atoms with Crippen LogP contribution in [0, 0.1) is 0 Å². The minimum absolute atomic E-state index is 0.208. The molecule has 0 aliphatic rings. The van der Waals surface area contributed by atoms with Crippen molar-refractivity contribution in [1.82, 2.24) is 10.6 Å². The molecule has 2 rings (SSSR count). The van der Waals surface area contributed by atoms with E-state index in [0.717, 1.165) is 5.56 Å². The molecule has 2 N–H and O–H groups in total. The molecule has 9 heteroatoms. The summed E-state index contributed by atoms with van der Waals surface area (Å²) >= 11 is 13.7. The van der Waals surface area contributed by atoms with Crippen LogP contribution in [0.4, 0.5) is 0 Å². The molecule has 0 aliphatic heterocycles. The van der Waals surface area contributed by atoms with Crippen LogP contribution < -0.4 is 10.6 Å². The van der Waals surface area contributed by atoms with Crippen molar-refractivity contribution in [2.75, 3.05) is 12.0 Å². The second-order valence-electron chi connectivity index (χ2n) is 6.68. The maximum absolute atomic E-state index is 12.7. The van der Waals surface area contributed by atoms with Gasteiger partial charge in [0.25, 0.3) is 11.8 Å². The summed E-state index contributed by atoms with van der Waals surface area (Å²) in [5, 5.41) is 6.17. The predicted molar refractivity (Wildman–Crippen MR) is 125 cm³/mol. The summed E-state index contributed by atoms with van der Waals surface area (Å²) < 4.78 is 5.32. The molecule has 2 atom stereocenters. The van der Waals surface area contributed by atoms with Crippen LogP contribution in [0.3, 0.4) is 0 Å². The van der Waals surface area contributed by atoms with Gasteiger partial charge in [0, 0.05) is 11.6 Å². The fourth-order valence-electron chi connectivity index (χ4n) is 2.64. The molecule has 0 saturated carbocycles. The number of rotatable bonds is 10. The van der Waals surface area contributed by atoms with Crippen LogP contribution in [0.15, 0.2) is 48.5 Å².